The van der Waals surface area contributed by atoms with Gasteiger partial charge in [0.15, 0.2) is 0 Å². The molecule has 6 aromatic rings. The van der Waals surface area contributed by atoms with Gasteiger partial charge in [-0.25, -0.2) is 8.78 Å². The van der Waals surface area contributed by atoms with Gasteiger partial charge in [-0.3, -0.25) is 10.2 Å². The topological polar surface area (TPSA) is 112 Å². The van der Waals surface area contributed by atoms with Crippen LogP contribution in [-0.4, -0.2) is 44.1 Å². The van der Waals surface area contributed by atoms with E-state index < -0.39 is 10.8 Å². The standard InChI is InChI=1S/C24H22FN3O.C23H20FN3O/c1-29-28-22(16-10-11-16)23-20-12-13-24(15-21(20)26-27-23,17-6-3-2-4-7-17)18-8-5-9-19(25)14-18;24-18-8-4-7-17(13-18)23(16-5-2-1-3-6-16)12-11-19-20(14-23)25-26-22(19)21(27-28)15-9-10-15/h2-9,12-14,16H,10-11,15H2,1H3,(H,26,27);1-8,11-13,15,28H,9-10,14H2,(H,25,26). The molecule has 10 rings (SSSR count). The van der Waals surface area contributed by atoms with Crippen LogP contribution >= 0.6 is 0 Å². The molecule has 4 aliphatic rings. The Labute approximate surface area is 329 Å². The Hall–Kier alpha value is -6.42. The Morgan fingerprint density at radius 1 is 0.632 bits per heavy atom. The van der Waals surface area contributed by atoms with E-state index in [9.17, 15) is 14.0 Å². The number of aromatic nitrogens is 4. The van der Waals surface area contributed by atoms with Gasteiger partial charge in [0.2, 0.25) is 0 Å². The lowest BCUT2D eigenvalue weighted by atomic mass is 9.68. The molecule has 0 aliphatic heterocycles. The predicted molar refractivity (Wildman–Crippen MR) is 217 cm³/mol. The summed E-state index contributed by atoms with van der Waals surface area (Å²) in [6, 6.07) is 34.0. The molecule has 2 heterocycles. The van der Waals surface area contributed by atoms with E-state index in [-0.39, 0.29) is 17.6 Å². The molecule has 2 saturated carbocycles. The second-order valence-corrected chi connectivity index (χ2v) is 15.3. The Bertz CT molecular complexity index is 2530. The Morgan fingerprint density at radius 3 is 1.49 bits per heavy atom. The summed E-state index contributed by atoms with van der Waals surface area (Å²) < 4.78 is 28.2. The first kappa shape index (κ1) is 36.2. The van der Waals surface area contributed by atoms with Crippen LogP contribution in [0.4, 0.5) is 8.78 Å². The minimum absolute atomic E-state index is 0.231. The number of hydrogen-bond donors (Lipinski definition) is 3. The first-order chi connectivity index (χ1) is 27.9. The number of nitrogens with one attached hydrogen (secondary N) is 2. The molecule has 0 saturated heterocycles. The average molecular weight is 761 g/mol. The molecule has 0 bridgehead atoms. The normalized spacial score (nSPS) is 21.3. The molecule has 4 aromatic carbocycles. The van der Waals surface area contributed by atoms with Crippen molar-refractivity contribution in [3.63, 3.8) is 0 Å². The van der Waals surface area contributed by atoms with Crippen molar-refractivity contribution >= 4 is 23.6 Å². The monoisotopic (exact) mass is 760 g/mol. The van der Waals surface area contributed by atoms with E-state index in [2.05, 4.69) is 73.2 Å². The summed E-state index contributed by atoms with van der Waals surface area (Å²) >= 11 is 0. The SMILES string of the molecule is CON=C(c1n[nH]c2c1C=CC(c1ccccc1)(c1cccc(F)c1)C2)C1CC1.ON=C(c1n[nH]c2c1C=CC(c1ccccc1)(c1cccc(F)c1)C2)C1CC1. The average Bonchev–Trinajstić information content (AvgIpc) is 4.19. The summed E-state index contributed by atoms with van der Waals surface area (Å²) in [6.45, 7) is 0. The lowest BCUT2D eigenvalue weighted by molar-refractivity contribution is 0.212. The van der Waals surface area contributed by atoms with E-state index in [1.165, 1.54) is 12.1 Å². The van der Waals surface area contributed by atoms with Crippen LogP contribution in [0.5, 0.6) is 0 Å². The third-order valence-corrected chi connectivity index (χ3v) is 11.7. The molecule has 2 aromatic heterocycles. The van der Waals surface area contributed by atoms with Gasteiger partial charge in [0, 0.05) is 58.0 Å². The van der Waals surface area contributed by atoms with Crippen LogP contribution in [-0.2, 0) is 28.5 Å². The molecule has 0 amide bonds. The summed E-state index contributed by atoms with van der Waals surface area (Å²) in [5.41, 5.74) is 10.2. The summed E-state index contributed by atoms with van der Waals surface area (Å²) in [5, 5.41) is 32.7. The highest BCUT2D eigenvalue weighted by Crippen LogP contribution is 2.45. The fourth-order valence-corrected chi connectivity index (χ4v) is 8.49. The highest BCUT2D eigenvalue weighted by molar-refractivity contribution is 6.05. The summed E-state index contributed by atoms with van der Waals surface area (Å²) in [7, 11) is 1.57. The molecule has 3 N–H and O–H groups in total. The van der Waals surface area contributed by atoms with Crippen molar-refractivity contribution in [2.75, 3.05) is 7.11 Å². The fraction of sp³-hybridized carbons (Fsp3) is 0.234. The van der Waals surface area contributed by atoms with E-state index in [1.54, 1.807) is 31.4 Å². The number of benzene rings is 4. The number of halogens is 2. The maximum absolute atomic E-state index is 14.1. The molecule has 0 spiro atoms. The van der Waals surface area contributed by atoms with Crippen molar-refractivity contribution in [2.45, 2.75) is 49.4 Å². The van der Waals surface area contributed by atoms with Gasteiger partial charge < -0.3 is 10.0 Å². The first-order valence-corrected chi connectivity index (χ1v) is 19.4. The molecule has 0 radical (unpaired) electrons. The van der Waals surface area contributed by atoms with Crippen LogP contribution in [0.2, 0.25) is 0 Å². The van der Waals surface area contributed by atoms with Crippen LogP contribution in [0.1, 0.15) is 81.8 Å². The van der Waals surface area contributed by atoms with Crippen LogP contribution < -0.4 is 0 Å². The molecule has 2 atom stereocenters. The summed E-state index contributed by atoms with van der Waals surface area (Å²) in [5.74, 6) is 0.223. The number of H-pyrrole nitrogens is 2. The van der Waals surface area contributed by atoms with Crippen molar-refractivity contribution in [3.05, 3.63) is 189 Å². The van der Waals surface area contributed by atoms with Gasteiger partial charge >= 0.3 is 0 Å². The molecule has 8 nitrogen and oxygen atoms in total. The van der Waals surface area contributed by atoms with Crippen molar-refractivity contribution in [3.8, 4) is 0 Å². The van der Waals surface area contributed by atoms with E-state index in [0.717, 1.165) is 87.6 Å². The number of hydrogen-bond acceptors (Lipinski definition) is 6. The second-order valence-electron chi connectivity index (χ2n) is 15.3. The van der Waals surface area contributed by atoms with E-state index >= 15 is 0 Å². The molecular formula is C47H42F2N6O2. The van der Waals surface area contributed by atoms with Gasteiger partial charge in [-0.15, -0.1) is 0 Å². The molecule has 57 heavy (non-hydrogen) atoms. The summed E-state index contributed by atoms with van der Waals surface area (Å²) in [6.07, 6.45) is 14.0. The molecular weight excluding hydrogens is 719 g/mol. The number of fused-ring (bicyclic) bond motifs is 2. The lowest BCUT2D eigenvalue weighted by Gasteiger charge is -2.34. The maximum atomic E-state index is 14.1. The zero-order chi connectivity index (χ0) is 39.0. The molecule has 10 heteroatoms. The number of oxime groups is 2. The third-order valence-electron chi connectivity index (χ3n) is 11.7. The molecule has 4 aliphatic carbocycles. The van der Waals surface area contributed by atoms with E-state index in [1.807, 2.05) is 54.6 Å². The largest absolute Gasteiger partial charge is 0.411 e. The minimum Gasteiger partial charge on any atom is -0.411 e. The van der Waals surface area contributed by atoms with Gasteiger partial charge in [0.25, 0.3) is 0 Å². The third kappa shape index (κ3) is 6.79. The smallest absolute Gasteiger partial charge is 0.123 e. The molecule has 2 unspecified atom stereocenters. The van der Waals surface area contributed by atoms with Gasteiger partial charge in [-0.1, -0.05) is 120 Å². The highest BCUT2D eigenvalue weighted by Gasteiger charge is 2.41. The minimum atomic E-state index is -0.490. The number of aromatic amines is 2. The van der Waals surface area contributed by atoms with Gasteiger partial charge in [-0.05, 0) is 72.2 Å². The second kappa shape index (κ2) is 14.9. The molecule has 286 valence electrons. The lowest BCUT2D eigenvalue weighted by Crippen LogP contribution is -2.30. The van der Waals surface area contributed by atoms with Crippen LogP contribution in [0.25, 0.3) is 12.2 Å². The summed E-state index contributed by atoms with van der Waals surface area (Å²) in [4.78, 5) is 5.08. The van der Waals surface area contributed by atoms with Gasteiger partial charge in [0.1, 0.15) is 41.6 Å². The maximum Gasteiger partial charge on any atom is 0.123 e. The Balaban J connectivity index is 0.000000148. The van der Waals surface area contributed by atoms with Crippen molar-refractivity contribution < 1.29 is 18.8 Å². The zero-order valence-corrected chi connectivity index (χ0v) is 31.5. The van der Waals surface area contributed by atoms with Crippen LogP contribution in [0.15, 0.2) is 132 Å². The number of allylic oxidation sites excluding steroid dienone is 2. The first-order valence-electron chi connectivity index (χ1n) is 19.4. The fourth-order valence-electron chi connectivity index (χ4n) is 8.49. The van der Waals surface area contributed by atoms with E-state index in [0.29, 0.717) is 24.5 Å². The van der Waals surface area contributed by atoms with E-state index in [4.69, 9.17) is 4.84 Å². The van der Waals surface area contributed by atoms with Crippen molar-refractivity contribution in [2.24, 2.45) is 22.1 Å². The number of nitrogens with zero attached hydrogens (tertiary/aromatic N) is 4. The van der Waals surface area contributed by atoms with Crippen molar-refractivity contribution in [1.82, 2.24) is 20.4 Å². The van der Waals surface area contributed by atoms with Crippen LogP contribution in [0, 0.1) is 23.5 Å². The highest BCUT2D eigenvalue weighted by atomic mass is 19.1. The predicted octanol–water partition coefficient (Wildman–Crippen LogP) is 9.56. The Kier molecular flexibility index (Phi) is 9.48. The zero-order valence-electron chi connectivity index (χ0n) is 31.5. The quantitative estimate of drug-likeness (QED) is 0.0775. The molecule has 2 fully saturated rings. The van der Waals surface area contributed by atoms with Crippen LogP contribution in [0.3, 0.4) is 0 Å². The Morgan fingerprint density at radius 2 is 1.07 bits per heavy atom. The van der Waals surface area contributed by atoms with Gasteiger partial charge in [-0.2, -0.15) is 10.2 Å². The van der Waals surface area contributed by atoms with Crippen molar-refractivity contribution in [1.29, 1.82) is 0 Å². The van der Waals surface area contributed by atoms with Gasteiger partial charge in [0.05, 0.1) is 0 Å². The number of rotatable bonds is 9.